The Morgan fingerprint density at radius 1 is 1.73 bits per heavy atom. The van der Waals surface area contributed by atoms with Gasteiger partial charge in [-0.05, 0) is 18.8 Å². The summed E-state index contributed by atoms with van der Waals surface area (Å²) in [6.45, 7) is 0. The number of nitrogens with one attached hydrogen (secondary N) is 1. The lowest BCUT2D eigenvalue weighted by atomic mass is 9.89. The molecule has 0 saturated carbocycles. The Kier molecular flexibility index (Phi) is 4.65. The quantitative estimate of drug-likeness (QED) is 0.618. The lowest BCUT2D eigenvalue weighted by Gasteiger charge is -2.19. The van der Waals surface area contributed by atoms with Crippen LogP contribution in [0.15, 0.2) is 24.3 Å². The van der Waals surface area contributed by atoms with Gasteiger partial charge in [0.1, 0.15) is 0 Å². The van der Waals surface area contributed by atoms with Crippen molar-refractivity contribution in [2.24, 2.45) is 11.7 Å². The number of carbonyl (C=O) groups excluding carboxylic acids is 1. The summed E-state index contributed by atoms with van der Waals surface area (Å²) in [5, 5.41) is 11.1. The van der Waals surface area contributed by atoms with Crippen molar-refractivity contribution in [3.63, 3.8) is 0 Å². The highest BCUT2D eigenvalue weighted by molar-refractivity contribution is 6.42. The van der Waals surface area contributed by atoms with E-state index in [1.165, 1.54) is 7.41 Å². The van der Waals surface area contributed by atoms with Gasteiger partial charge in [0.25, 0.3) is 0 Å². The van der Waals surface area contributed by atoms with Crippen LogP contribution in [0, 0.1) is 17.1 Å². The normalized spacial score (nSPS) is 20.6. The molecule has 1 radical (unpaired) electrons. The molecule has 0 aromatic heterocycles. The third kappa shape index (κ3) is 4.00. The van der Waals surface area contributed by atoms with Crippen molar-refractivity contribution in [2.45, 2.75) is 18.9 Å². The average Bonchev–Trinajstić information content (AvgIpc) is 2.25. The van der Waals surface area contributed by atoms with E-state index in [0.717, 1.165) is 6.42 Å². The molecule has 77 valence electrons. The molecule has 4 nitrogen and oxygen atoms in total. The van der Waals surface area contributed by atoms with Gasteiger partial charge in [0.15, 0.2) is 0 Å². The molecule has 0 spiro atoms. The van der Waals surface area contributed by atoms with Crippen molar-refractivity contribution >= 4 is 13.3 Å². The lowest BCUT2D eigenvalue weighted by molar-refractivity contribution is -0.119. The number of amides is 1. The molecule has 0 saturated heterocycles. The molecule has 0 bridgehead atoms. The zero-order chi connectivity index (χ0) is 11.1. The van der Waals surface area contributed by atoms with E-state index in [9.17, 15) is 4.79 Å². The van der Waals surface area contributed by atoms with Crippen LogP contribution in [-0.2, 0) is 4.79 Å². The van der Waals surface area contributed by atoms with Crippen LogP contribution in [0.25, 0.3) is 0 Å². The topological polar surface area (TPSA) is 78.9 Å². The number of nitrogens with two attached hydrogens (primary N) is 1. The first-order valence-corrected chi connectivity index (χ1v) is 4.84. The van der Waals surface area contributed by atoms with Crippen LogP contribution >= 0.6 is 0 Å². The molecule has 15 heavy (non-hydrogen) atoms. The molecule has 0 fully saturated rings. The second kappa shape index (κ2) is 6.04. The van der Waals surface area contributed by atoms with E-state index >= 15 is 0 Å². The van der Waals surface area contributed by atoms with Crippen molar-refractivity contribution in [2.75, 3.05) is 0 Å². The smallest absolute Gasteiger partial charge is 0.349 e. The predicted octanol–water partition coefficient (Wildman–Crippen LogP) is 0.0526. The van der Waals surface area contributed by atoms with Crippen molar-refractivity contribution in [3.05, 3.63) is 24.3 Å². The monoisotopic (exact) mass is 202 g/mol. The van der Waals surface area contributed by atoms with Crippen LogP contribution < -0.4 is 11.0 Å². The lowest BCUT2D eigenvalue weighted by Crippen LogP contribution is -2.43. The molecule has 0 aromatic carbocycles. The molecule has 0 heterocycles. The van der Waals surface area contributed by atoms with Gasteiger partial charge >= 0.3 is 7.41 Å². The number of carbonyl (C=O) groups is 1. The highest BCUT2D eigenvalue weighted by Crippen LogP contribution is 2.17. The fourth-order valence-electron chi connectivity index (χ4n) is 1.51. The standard InChI is InChI=1S/C10H13BN3O/c12-7-11-14-9(10(13)15)6-8-4-2-1-3-5-8/h1-4,8-9,14H,5-6H2,(H2,13,15). The third-order valence-electron chi connectivity index (χ3n) is 2.30. The van der Waals surface area contributed by atoms with Gasteiger partial charge in [-0.15, -0.1) is 0 Å². The van der Waals surface area contributed by atoms with Gasteiger partial charge in [-0.3, -0.25) is 4.79 Å². The first-order chi connectivity index (χ1) is 7.24. The maximum Gasteiger partial charge on any atom is 0.349 e. The molecule has 0 aliphatic heterocycles. The Morgan fingerprint density at radius 2 is 2.53 bits per heavy atom. The van der Waals surface area contributed by atoms with E-state index in [0.29, 0.717) is 12.3 Å². The maximum absolute atomic E-state index is 11.1. The summed E-state index contributed by atoms with van der Waals surface area (Å²) < 4.78 is 0. The van der Waals surface area contributed by atoms with Crippen molar-refractivity contribution in [3.8, 4) is 5.97 Å². The average molecular weight is 202 g/mol. The summed E-state index contributed by atoms with van der Waals surface area (Å²) in [7, 11) is 1.19. The number of rotatable bonds is 5. The van der Waals surface area contributed by atoms with E-state index in [4.69, 9.17) is 11.0 Å². The summed E-state index contributed by atoms with van der Waals surface area (Å²) in [4.78, 5) is 11.1. The molecule has 0 aromatic rings. The number of allylic oxidation sites excluding steroid dienone is 4. The summed E-state index contributed by atoms with van der Waals surface area (Å²) >= 11 is 0. The van der Waals surface area contributed by atoms with E-state index in [1.807, 2.05) is 24.2 Å². The molecule has 2 unspecified atom stereocenters. The van der Waals surface area contributed by atoms with Crippen LogP contribution in [0.5, 0.6) is 0 Å². The van der Waals surface area contributed by atoms with Crippen LogP contribution in [0.4, 0.5) is 0 Å². The molecule has 5 heteroatoms. The predicted molar refractivity (Wildman–Crippen MR) is 58.5 cm³/mol. The van der Waals surface area contributed by atoms with E-state index in [-0.39, 0.29) is 0 Å². The van der Waals surface area contributed by atoms with Crippen molar-refractivity contribution in [1.29, 1.82) is 5.26 Å². The Labute approximate surface area is 90.1 Å². The highest BCUT2D eigenvalue weighted by atomic mass is 16.1. The van der Waals surface area contributed by atoms with Gasteiger partial charge in [-0.1, -0.05) is 24.3 Å². The fourth-order valence-corrected chi connectivity index (χ4v) is 1.51. The van der Waals surface area contributed by atoms with E-state index in [2.05, 4.69) is 11.3 Å². The molecule has 2 atom stereocenters. The van der Waals surface area contributed by atoms with Crippen LogP contribution in [0.1, 0.15) is 12.8 Å². The SMILES string of the molecule is N#C[B]NC(CC1C=CC=CC1)C(N)=O. The van der Waals surface area contributed by atoms with Crippen LogP contribution in [-0.4, -0.2) is 19.4 Å². The molecular formula is C10H13BN3O. The Hall–Kier alpha value is -1.54. The minimum atomic E-state index is -0.467. The summed E-state index contributed by atoms with van der Waals surface area (Å²) in [6.07, 6.45) is 9.56. The van der Waals surface area contributed by atoms with Crippen LogP contribution in [0.2, 0.25) is 0 Å². The van der Waals surface area contributed by atoms with Crippen molar-refractivity contribution in [1.82, 2.24) is 5.23 Å². The molecule has 3 N–H and O–H groups in total. The van der Waals surface area contributed by atoms with E-state index < -0.39 is 11.9 Å². The zero-order valence-corrected chi connectivity index (χ0v) is 8.39. The summed E-state index contributed by atoms with van der Waals surface area (Å²) in [6, 6.07) is -0.467. The molecule has 1 rings (SSSR count). The van der Waals surface area contributed by atoms with E-state index in [1.54, 1.807) is 0 Å². The second-order valence-electron chi connectivity index (χ2n) is 3.44. The third-order valence-corrected chi connectivity index (χ3v) is 2.30. The zero-order valence-electron chi connectivity index (χ0n) is 8.39. The van der Waals surface area contributed by atoms with Gasteiger partial charge in [0.05, 0.1) is 6.04 Å². The maximum atomic E-state index is 11.1. The van der Waals surface area contributed by atoms with Gasteiger partial charge in [-0.2, -0.15) is 0 Å². The second-order valence-corrected chi connectivity index (χ2v) is 3.44. The van der Waals surface area contributed by atoms with Gasteiger partial charge in [0, 0.05) is 5.97 Å². The van der Waals surface area contributed by atoms with Gasteiger partial charge in [0.2, 0.25) is 5.91 Å². The number of primary amides is 1. The Balaban J connectivity index is 2.44. The fraction of sp³-hybridized carbons (Fsp3) is 0.400. The number of hydrogen-bond acceptors (Lipinski definition) is 3. The molecule has 1 aliphatic rings. The first-order valence-electron chi connectivity index (χ1n) is 4.84. The largest absolute Gasteiger partial charge is 0.368 e. The Bertz CT molecular complexity index is 319. The van der Waals surface area contributed by atoms with Gasteiger partial charge in [-0.25, -0.2) is 5.26 Å². The highest BCUT2D eigenvalue weighted by Gasteiger charge is 2.19. The minimum Gasteiger partial charge on any atom is -0.368 e. The Morgan fingerprint density at radius 3 is 3.07 bits per heavy atom. The molecular weight excluding hydrogens is 189 g/mol. The number of nitrogens with zero attached hydrogens (tertiary/aromatic N) is 1. The minimum absolute atomic E-state index is 0.312. The number of hydrogen-bond donors (Lipinski definition) is 2. The van der Waals surface area contributed by atoms with Gasteiger partial charge < -0.3 is 11.0 Å². The molecule has 1 amide bonds. The first kappa shape index (κ1) is 11.5. The molecule has 1 aliphatic carbocycles. The number of nitriles is 1. The summed E-state index contributed by atoms with van der Waals surface area (Å²) in [5.41, 5.74) is 5.22. The summed E-state index contributed by atoms with van der Waals surface area (Å²) in [5.74, 6) is 1.70. The van der Waals surface area contributed by atoms with Crippen molar-refractivity contribution < 1.29 is 4.79 Å². The van der Waals surface area contributed by atoms with Crippen LogP contribution in [0.3, 0.4) is 0 Å².